The van der Waals surface area contributed by atoms with Crippen LogP contribution in [0, 0.1) is 29.6 Å². The van der Waals surface area contributed by atoms with Gasteiger partial charge in [-0.1, -0.05) is 26.7 Å². The molecule has 5 atom stereocenters. The first-order chi connectivity index (χ1) is 8.69. The Kier molecular flexibility index (Phi) is 3.75. The summed E-state index contributed by atoms with van der Waals surface area (Å²) in [7, 11) is 2.20. The molecule has 0 amide bonds. The molecule has 1 heterocycles. The van der Waals surface area contributed by atoms with Crippen LogP contribution in [-0.2, 0) is 0 Å². The van der Waals surface area contributed by atoms with Crippen molar-refractivity contribution in [2.24, 2.45) is 17.3 Å². The molecule has 1 N–H and O–H groups in total. The van der Waals surface area contributed by atoms with E-state index in [1.165, 1.54) is 12.8 Å². The van der Waals surface area contributed by atoms with Gasteiger partial charge in [0.05, 0.1) is 0 Å². The van der Waals surface area contributed by atoms with Gasteiger partial charge in [0, 0.05) is 24.4 Å². The van der Waals surface area contributed by atoms with E-state index < -0.39 is 5.60 Å². The highest BCUT2D eigenvalue weighted by Gasteiger charge is 2.51. The number of terminal acetylenes is 1. The third kappa shape index (κ3) is 2.56. The number of nitrogens with zero attached hydrogens (tertiary/aromatic N) is 1. The monoisotopic (exact) mass is 263 g/mol. The summed E-state index contributed by atoms with van der Waals surface area (Å²) in [4.78, 5) is 2.45. The van der Waals surface area contributed by atoms with Crippen LogP contribution in [0.2, 0.25) is 0 Å². The zero-order chi connectivity index (χ0) is 14.4. The van der Waals surface area contributed by atoms with Gasteiger partial charge in [-0.2, -0.15) is 0 Å². The Bertz CT molecular complexity index is 378. The average molecular weight is 263 g/mol. The number of hydrogen-bond donors (Lipinski definition) is 1. The van der Waals surface area contributed by atoms with E-state index in [0.717, 1.165) is 12.3 Å². The summed E-state index contributed by atoms with van der Waals surface area (Å²) in [6.45, 7) is 9.17. The van der Waals surface area contributed by atoms with Crippen molar-refractivity contribution in [2.45, 2.75) is 71.1 Å². The lowest BCUT2D eigenvalue weighted by molar-refractivity contribution is -0.107. The molecule has 2 rings (SSSR count). The minimum absolute atomic E-state index is 0.247. The van der Waals surface area contributed by atoms with E-state index in [1.807, 2.05) is 0 Å². The third-order valence-corrected chi connectivity index (χ3v) is 5.73. The molecule has 0 radical (unpaired) electrons. The SMILES string of the molecule is C#CC1(O)CC(C)N(C)C2CC(C(C)(C)C)CCC21. The summed E-state index contributed by atoms with van der Waals surface area (Å²) in [5, 5.41) is 10.8. The molecule has 19 heavy (non-hydrogen) atoms. The van der Waals surface area contributed by atoms with Crippen molar-refractivity contribution in [2.75, 3.05) is 7.05 Å². The van der Waals surface area contributed by atoms with Gasteiger partial charge >= 0.3 is 0 Å². The van der Waals surface area contributed by atoms with Gasteiger partial charge in [0.2, 0.25) is 0 Å². The van der Waals surface area contributed by atoms with Gasteiger partial charge in [-0.15, -0.1) is 6.42 Å². The molecule has 1 saturated carbocycles. The maximum Gasteiger partial charge on any atom is 0.131 e. The van der Waals surface area contributed by atoms with Crippen LogP contribution in [0.3, 0.4) is 0 Å². The van der Waals surface area contributed by atoms with Crippen LogP contribution < -0.4 is 0 Å². The minimum atomic E-state index is -0.889. The molecule has 1 aliphatic carbocycles. The fraction of sp³-hybridized carbons (Fsp3) is 0.882. The Hall–Kier alpha value is -0.520. The maximum absolute atomic E-state index is 10.8. The van der Waals surface area contributed by atoms with E-state index in [4.69, 9.17) is 6.42 Å². The zero-order valence-electron chi connectivity index (χ0n) is 13.1. The number of aliphatic hydroxyl groups is 1. The van der Waals surface area contributed by atoms with Crippen molar-refractivity contribution in [3.63, 3.8) is 0 Å². The van der Waals surface area contributed by atoms with Crippen molar-refractivity contribution in [1.82, 2.24) is 4.90 Å². The van der Waals surface area contributed by atoms with Gasteiger partial charge in [0.25, 0.3) is 0 Å². The van der Waals surface area contributed by atoms with Crippen LogP contribution >= 0.6 is 0 Å². The summed E-state index contributed by atoms with van der Waals surface area (Å²) in [5.41, 5.74) is -0.541. The van der Waals surface area contributed by atoms with Gasteiger partial charge in [0.15, 0.2) is 0 Å². The Morgan fingerprint density at radius 2 is 1.95 bits per heavy atom. The molecule has 1 saturated heterocycles. The van der Waals surface area contributed by atoms with Gasteiger partial charge in [-0.05, 0) is 44.6 Å². The lowest BCUT2D eigenvalue weighted by Crippen LogP contribution is -2.61. The minimum Gasteiger partial charge on any atom is -0.377 e. The Balaban J connectivity index is 2.24. The Morgan fingerprint density at radius 3 is 2.47 bits per heavy atom. The lowest BCUT2D eigenvalue weighted by atomic mass is 9.61. The lowest BCUT2D eigenvalue weighted by Gasteiger charge is -2.55. The predicted molar refractivity (Wildman–Crippen MR) is 79.7 cm³/mol. The van der Waals surface area contributed by atoms with Crippen molar-refractivity contribution >= 4 is 0 Å². The van der Waals surface area contributed by atoms with E-state index in [9.17, 15) is 5.11 Å². The molecule has 2 aliphatic rings. The Morgan fingerprint density at radius 1 is 1.32 bits per heavy atom. The summed E-state index contributed by atoms with van der Waals surface area (Å²) < 4.78 is 0. The second kappa shape index (κ2) is 4.79. The molecular weight excluding hydrogens is 234 g/mol. The summed E-state index contributed by atoms with van der Waals surface area (Å²) in [6, 6.07) is 0.795. The predicted octanol–water partition coefficient (Wildman–Crippen LogP) is 2.91. The number of likely N-dealkylation sites (tertiary alicyclic amines) is 1. The van der Waals surface area contributed by atoms with Crippen molar-refractivity contribution in [3.8, 4) is 12.3 Å². The standard InChI is InChI=1S/C17H29NO/c1-7-17(19)11-12(2)18(6)15-10-13(16(3,4)5)8-9-14(15)17/h1,12-15,19H,8-11H2,2-6H3. The van der Waals surface area contributed by atoms with Crippen LogP contribution in [0.5, 0.6) is 0 Å². The average Bonchev–Trinajstić information content (AvgIpc) is 2.34. The van der Waals surface area contributed by atoms with Crippen LogP contribution in [0.25, 0.3) is 0 Å². The molecule has 0 bridgehead atoms. The fourth-order valence-corrected chi connectivity index (χ4v) is 4.18. The van der Waals surface area contributed by atoms with E-state index in [-0.39, 0.29) is 5.92 Å². The van der Waals surface area contributed by atoms with Crippen molar-refractivity contribution in [1.29, 1.82) is 0 Å². The van der Waals surface area contributed by atoms with Crippen LogP contribution in [0.15, 0.2) is 0 Å². The van der Waals surface area contributed by atoms with Gasteiger partial charge in [0.1, 0.15) is 5.60 Å². The number of hydrogen-bond acceptors (Lipinski definition) is 2. The maximum atomic E-state index is 10.8. The normalized spacial score (nSPS) is 44.5. The molecule has 0 spiro atoms. The largest absolute Gasteiger partial charge is 0.377 e. The summed E-state index contributed by atoms with van der Waals surface area (Å²) >= 11 is 0. The molecule has 1 aliphatic heterocycles. The number of fused-ring (bicyclic) bond motifs is 1. The molecule has 2 nitrogen and oxygen atoms in total. The first-order valence-corrected chi connectivity index (χ1v) is 7.61. The highest BCUT2D eigenvalue weighted by Crippen LogP contribution is 2.48. The third-order valence-electron chi connectivity index (χ3n) is 5.73. The van der Waals surface area contributed by atoms with E-state index in [2.05, 4.69) is 45.6 Å². The molecule has 0 aromatic carbocycles. The molecule has 0 aromatic heterocycles. The van der Waals surface area contributed by atoms with E-state index in [0.29, 0.717) is 23.9 Å². The molecule has 2 fully saturated rings. The molecule has 2 heteroatoms. The van der Waals surface area contributed by atoms with Gasteiger partial charge in [-0.25, -0.2) is 0 Å². The summed E-state index contributed by atoms with van der Waals surface area (Å²) in [6.07, 6.45) is 9.78. The highest BCUT2D eigenvalue weighted by atomic mass is 16.3. The number of piperidine rings is 1. The quantitative estimate of drug-likeness (QED) is 0.679. The van der Waals surface area contributed by atoms with Gasteiger partial charge < -0.3 is 10.0 Å². The number of rotatable bonds is 0. The van der Waals surface area contributed by atoms with Crippen molar-refractivity contribution in [3.05, 3.63) is 0 Å². The smallest absolute Gasteiger partial charge is 0.131 e. The highest BCUT2D eigenvalue weighted by molar-refractivity contribution is 5.17. The van der Waals surface area contributed by atoms with Crippen LogP contribution in [-0.4, -0.2) is 34.7 Å². The van der Waals surface area contributed by atoms with Crippen molar-refractivity contribution < 1.29 is 5.11 Å². The second-order valence-electron chi connectivity index (χ2n) is 7.84. The topological polar surface area (TPSA) is 23.5 Å². The molecule has 108 valence electrons. The fourth-order valence-electron chi connectivity index (χ4n) is 4.18. The Labute approximate surface area is 118 Å². The molecule has 0 aromatic rings. The first kappa shape index (κ1) is 14.9. The van der Waals surface area contributed by atoms with E-state index >= 15 is 0 Å². The second-order valence-corrected chi connectivity index (χ2v) is 7.84. The first-order valence-electron chi connectivity index (χ1n) is 7.61. The molecule has 5 unspecified atom stereocenters. The summed E-state index contributed by atoms with van der Waals surface area (Å²) in [5.74, 6) is 3.69. The van der Waals surface area contributed by atoms with Crippen LogP contribution in [0.1, 0.15) is 53.4 Å². The molecular formula is C17H29NO. The van der Waals surface area contributed by atoms with Crippen LogP contribution in [0.4, 0.5) is 0 Å². The van der Waals surface area contributed by atoms with E-state index in [1.54, 1.807) is 0 Å². The van der Waals surface area contributed by atoms with Gasteiger partial charge in [-0.3, -0.25) is 0 Å². The zero-order valence-corrected chi connectivity index (χ0v) is 13.1.